The Bertz CT molecular complexity index is 643. The molecular weight excluding hydrogens is 346 g/mol. The first-order valence-electron chi connectivity index (χ1n) is 9.74. The first-order chi connectivity index (χ1) is 13.1. The molecule has 2 heterocycles. The van der Waals surface area contributed by atoms with Crippen molar-refractivity contribution in [1.29, 1.82) is 0 Å². The Balaban J connectivity index is 1.73. The van der Waals surface area contributed by atoms with Crippen LogP contribution in [0.4, 0.5) is 9.59 Å². The van der Waals surface area contributed by atoms with Crippen molar-refractivity contribution in [2.45, 2.75) is 25.7 Å². The Hall–Kier alpha value is -2.28. The molecule has 0 aromatic heterocycles. The topological polar surface area (TPSA) is 82.1 Å². The summed E-state index contributed by atoms with van der Waals surface area (Å²) < 4.78 is 5.35. The van der Waals surface area contributed by atoms with Crippen LogP contribution >= 0.6 is 0 Å². The van der Waals surface area contributed by atoms with Gasteiger partial charge in [0, 0.05) is 38.6 Å². The number of ether oxygens (including phenoxy) is 1. The minimum Gasteiger partial charge on any atom is -0.465 e. The van der Waals surface area contributed by atoms with Gasteiger partial charge in [-0.1, -0.05) is 31.2 Å². The normalized spacial score (nSPS) is 23.1. The van der Waals surface area contributed by atoms with Crippen LogP contribution in [0.25, 0.3) is 0 Å². The Labute approximate surface area is 160 Å². The maximum Gasteiger partial charge on any atom is 0.404 e. The highest BCUT2D eigenvalue weighted by molar-refractivity contribution is 5.75. The van der Waals surface area contributed by atoms with Gasteiger partial charge in [-0.05, 0) is 29.9 Å². The third-order valence-corrected chi connectivity index (χ3v) is 5.49. The van der Waals surface area contributed by atoms with E-state index >= 15 is 0 Å². The number of hydrogen-bond donors (Lipinski definition) is 2. The van der Waals surface area contributed by atoms with E-state index in [9.17, 15) is 9.59 Å². The summed E-state index contributed by atoms with van der Waals surface area (Å²) in [5.41, 5.74) is 2.51. The molecule has 2 aliphatic heterocycles. The fourth-order valence-corrected chi connectivity index (χ4v) is 3.96. The highest BCUT2D eigenvalue weighted by Crippen LogP contribution is 2.31. The summed E-state index contributed by atoms with van der Waals surface area (Å²) in [6.45, 7) is 6.13. The summed E-state index contributed by atoms with van der Waals surface area (Å²) in [4.78, 5) is 27.6. The molecule has 2 aliphatic rings. The van der Waals surface area contributed by atoms with Crippen LogP contribution in [0.15, 0.2) is 24.3 Å². The number of benzene rings is 1. The molecule has 0 spiro atoms. The molecule has 2 unspecified atom stereocenters. The molecule has 2 N–H and O–H groups in total. The maximum absolute atomic E-state index is 13.0. The van der Waals surface area contributed by atoms with Crippen LogP contribution in [-0.2, 0) is 11.2 Å². The highest BCUT2D eigenvalue weighted by Gasteiger charge is 2.33. The summed E-state index contributed by atoms with van der Waals surface area (Å²) in [5.74, 6) is 0.325. The number of likely N-dealkylation sites (tertiary alicyclic amines) is 1. The predicted octanol–water partition coefficient (Wildman–Crippen LogP) is 2.37. The largest absolute Gasteiger partial charge is 0.465 e. The summed E-state index contributed by atoms with van der Waals surface area (Å²) in [7, 11) is 0. The number of amides is 3. The SMILES string of the molecule is CCc1ccc(C2CC(CNC(=O)O)CN(C(=O)N3CCOCC3)C2)cc1. The number of piperidine rings is 1. The minimum atomic E-state index is -1.02. The molecule has 3 rings (SSSR count). The molecule has 0 saturated carbocycles. The highest BCUT2D eigenvalue weighted by atomic mass is 16.5. The van der Waals surface area contributed by atoms with E-state index in [0.29, 0.717) is 45.9 Å². The number of nitrogens with zero attached hydrogens (tertiary/aromatic N) is 2. The second kappa shape index (κ2) is 9.08. The monoisotopic (exact) mass is 375 g/mol. The van der Waals surface area contributed by atoms with E-state index in [1.807, 2.05) is 9.80 Å². The molecule has 2 saturated heterocycles. The van der Waals surface area contributed by atoms with Gasteiger partial charge in [0.05, 0.1) is 13.2 Å². The molecule has 0 aliphatic carbocycles. The number of urea groups is 1. The van der Waals surface area contributed by atoms with Crippen LogP contribution in [0.5, 0.6) is 0 Å². The zero-order chi connectivity index (χ0) is 19.2. The zero-order valence-corrected chi connectivity index (χ0v) is 15.9. The first kappa shape index (κ1) is 19.5. The zero-order valence-electron chi connectivity index (χ0n) is 15.9. The molecule has 7 nitrogen and oxygen atoms in total. The fraction of sp³-hybridized carbons (Fsp3) is 0.600. The number of hydrogen-bond acceptors (Lipinski definition) is 3. The summed E-state index contributed by atoms with van der Waals surface area (Å²) in [6, 6.07) is 8.61. The van der Waals surface area contributed by atoms with E-state index in [2.05, 4.69) is 36.5 Å². The van der Waals surface area contributed by atoms with Gasteiger partial charge in [0.15, 0.2) is 0 Å². The van der Waals surface area contributed by atoms with Crippen molar-refractivity contribution >= 4 is 12.1 Å². The number of rotatable bonds is 4. The molecule has 0 bridgehead atoms. The third-order valence-electron chi connectivity index (χ3n) is 5.49. The van der Waals surface area contributed by atoms with Crippen LogP contribution in [-0.4, -0.2) is 73.0 Å². The molecule has 3 amide bonds. The van der Waals surface area contributed by atoms with Crippen LogP contribution in [0.3, 0.4) is 0 Å². The average molecular weight is 375 g/mol. The van der Waals surface area contributed by atoms with Crippen LogP contribution in [0, 0.1) is 5.92 Å². The summed E-state index contributed by atoms with van der Waals surface area (Å²) in [5, 5.41) is 11.4. The van der Waals surface area contributed by atoms with E-state index in [1.165, 1.54) is 11.1 Å². The lowest BCUT2D eigenvalue weighted by molar-refractivity contribution is 0.0378. The van der Waals surface area contributed by atoms with Crippen molar-refractivity contribution in [1.82, 2.24) is 15.1 Å². The standard InChI is InChI=1S/C20H29N3O4/c1-2-15-3-5-17(6-4-15)18-11-16(12-21-19(24)25)13-23(14-18)20(26)22-7-9-27-10-8-22/h3-6,16,18,21H,2,7-14H2,1H3,(H,24,25). The second-order valence-electron chi connectivity index (χ2n) is 7.37. The van der Waals surface area contributed by atoms with Crippen molar-refractivity contribution in [2.75, 3.05) is 45.9 Å². The lowest BCUT2D eigenvalue weighted by Gasteiger charge is -2.41. The molecule has 148 valence electrons. The third kappa shape index (κ3) is 5.13. The van der Waals surface area contributed by atoms with Gasteiger partial charge >= 0.3 is 12.1 Å². The Kier molecular flexibility index (Phi) is 6.55. The van der Waals surface area contributed by atoms with Gasteiger partial charge in [-0.15, -0.1) is 0 Å². The van der Waals surface area contributed by atoms with E-state index < -0.39 is 6.09 Å². The van der Waals surface area contributed by atoms with Crippen LogP contribution in [0.2, 0.25) is 0 Å². The van der Waals surface area contributed by atoms with E-state index in [-0.39, 0.29) is 17.9 Å². The molecule has 2 atom stereocenters. The Morgan fingerprint density at radius 2 is 1.85 bits per heavy atom. The van der Waals surface area contributed by atoms with Gasteiger partial charge in [0.1, 0.15) is 0 Å². The predicted molar refractivity (Wildman–Crippen MR) is 102 cm³/mol. The molecule has 2 fully saturated rings. The van der Waals surface area contributed by atoms with Gasteiger partial charge in [0.2, 0.25) is 0 Å². The first-order valence-corrected chi connectivity index (χ1v) is 9.74. The number of carboxylic acid groups (broad SMARTS) is 1. The maximum atomic E-state index is 13.0. The van der Waals surface area contributed by atoms with Crippen molar-refractivity contribution in [2.24, 2.45) is 5.92 Å². The fourth-order valence-electron chi connectivity index (χ4n) is 3.96. The molecule has 1 aromatic carbocycles. The quantitative estimate of drug-likeness (QED) is 0.846. The summed E-state index contributed by atoms with van der Waals surface area (Å²) in [6.07, 6.45) is 0.853. The molecule has 7 heteroatoms. The number of nitrogens with one attached hydrogen (secondary N) is 1. The van der Waals surface area contributed by atoms with Crippen molar-refractivity contribution in [3.05, 3.63) is 35.4 Å². The number of aryl methyl sites for hydroxylation is 1. The van der Waals surface area contributed by atoms with Crippen LogP contribution in [0.1, 0.15) is 30.4 Å². The molecule has 27 heavy (non-hydrogen) atoms. The molecular formula is C20H29N3O4. The summed E-state index contributed by atoms with van der Waals surface area (Å²) >= 11 is 0. The van der Waals surface area contributed by atoms with Gasteiger partial charge in [-0.25, -0.2) is 9.59 Å². The molecule has 0 radical (unpaired) electrons. The lowest BCUT2D eigenvalue weighted by atomic mass is 9.84. The second-order valence-corrected chi connectivity index (χ2v) is 7.37. The van der Waals surface area contributed by atoms with Crippen molar-refractivity contribution in [3.8, 4) is 0 Å². The average Bonchev–Trinajstić information content (AvgIpc) is 2.72. The smallest absolute Gasteiger partial charge is 0.404 e. The van der Waals surface area contributed by atoms with Gasteiger partial charge in [0.25, 0.3) is 0 Å². The van der Waals surface area contributed by atoms with Gasteiger partial charge < -0.3 is 25.0 Å². The van der Waals surface area contributed by atoms with E-state index in [0.717, 1.165) is 12.8 Å². The van der Waals surface area contributed by atoms with E-state index in [4.69, 9.17) is 9.84 Å². The van der Waals surface area contributed by atoms with Crippen LogP contribution < -0.4 is 5.32 Å². The lowest BCUT2D eigenvalue weighted by Crippen LogP contribution is -2.53. The number of carbonyl (C=O) groups excluding carboxylic acids is 1. The molecule has 1 aromatic rings. The van der Waals surface area contributed by atoms with E-state index in [1.54, 1.807) is 0 Å². The van der Waals surface area contributed by atoms with Crippen molar-refractivity contribution < 1.29 is 19.4 Å². The Morgan fingerprint density at radius 1 is 1.15 bits per heavy atom. The Morgan fingerprint density at radius 3 is 2.48 bits per heavy atom. The number of morpholine rings is 1. The van der Waals surface area contributed by atoms with Crippen molar-refractivity contribution in [3.63, 3.8) is 0 Å². The van der Waals surface area contributed by atoms with Gasteiger partial charge in [-0.3, -0.25) is 0 Å². The van der Waals surface area contributed by atoms with Gasteiger partial charge in [-0.2, -0.15) is 0 Å². The minimum absolute atomic E-state index is 0.0357. The number of carbonyl (C=O) groups is 2.